The number of hydrogen-bond donors (Lipinski definition) is 2. The molecule has 0 fully saturated rings. The lowest BCUT2D eigenvalue weighted by molar-refractivity contribution is 0.190. The van der Waals surface area contributed by atoms with Crippen LogP contribution in [0.1, 0.15) is 16.8 Å². The smallest absolute Gasteiger partial charge is 0.404 e. The van der Waals surface area contributed by atoms with Gasteiger partial charge in [-0.1, -0.05) is 0 Å². The van der Waals surface area contributed by atoms with E-state index in [4.69, 9.17) is 10.4 Å². The standard InChI is InChI=1S/C10H9N3O2/c11-5-9-8-4-7(13-10(14)15)3-6(8)1-2-12-9/h1-2,7,13H,3-4H2,(H,14,15). The minimum atomic E-state index is -1.03. The summed E-state index contributed by atoms with van der Waals surface area (Å²) in [6, 6.07) is 3.72. The topological polar surface area (TPSA) is 86.0 Å². The average molecular weight is 203 g/mol. The van der Waals surface area contributed by atoms with Crippen LogP contribution in [0.5, 0.6) is 0 Å². The van der Waals surface area contributed by atoms with Gasteiger partial charge in [0, 0.05) is 12.2 Å². The van der Waals surface area contributed by atoms with Crippen LogP contribution >= 0.6 is 0 Å². The van der Waals surface area contributed by atoms with Crippen molar-refractivity contribution in [3.05, 3.63) is 29.1 Å². The van der Waals surface area contributed by atoms with Gasteiger partial charge in [-0.25, -0.2) is 9.78 Å². The van der Waals surface area contributed by atoms with Crippen LogP contribution in [-0.2, 0) is 12.8 Å². The Morgan fingerprint density at radius 2 is 2.47 bits per heavy atom. The third-order valence-corrected chi connectivity index (χ3v) is 2.50. The van der Waals surface area contributed by atoms with E-state index in [2.05, 4.69) is 10.3 Å². The van der Waals surface area contributed by atoms with E-state index in [0.29, 0.717) is 18.5 Å². The summed E-state index contributed by atoms with van der Waals surface area (Å²) >= 11 is 0. The summed E-state index contributed by atoms with van der Waals surface area (Å²) in [5.74, 6) is 0. The second kappa shape index (κ2) is 3.58. The van der Waals surface area contributed by atoms with Gasteiger partial charge in [0.2, 0.25) is 0 Å². The summed E-state index contributed by atoms with van der Waals surface area (Å²) in [5.41, 5.74) is 2.29. The third kappa shape index (κ3) is 1.74. The molecule has 1 amide bonds. The van der Waals surface area contributed by atoms with Crippen molar-refractivity contribution in [1.29, 1.82) is 5.26 Å². The molecule has 0 saturated carbocycles. The number of nitriles is 1. The zero-order valence-electron chi connectivity index (χ0n) is 7.90. The van der Waals surface area contributed by atoms with E-state index in [-0.39, 0.29) is 6.04 Å². The van der Waals surface area contributed by atoms with Crippen LogP contribution in [0.15, 0.2) is 12.3 Å². The van der Waals surface area contributed by atoms with E-state index < -0.39 is 6.09 Å². The summed E-state index contributed by atoms with van der Waals surface area (Å²) in [5, 5.41) is 19.8. The molecular formula is C10H9N3O2. The molecule has 0 saturated heterocycles. The van der Waals surface area contributed by atoms with Crippen molar-refractivity contribution in [3.8, 4) is 6.07 Å². The van der Waals surface area contributed by atoms with Crippen LogP contribution < -0.4 is 5.32 Å². The Morgan fingerprint density at radius 1 is 1.67 bits per heavy atom. The molecule has 0 aromatic carbocycles. The lowest BCUT2D eigenvalue weighted by atomic mass is 10.1. The van der Waals surface area contributed by atoms with Crippen molar-refractivity contribution in [2.75, 3.05) is 0 Å². The monoisotopic (exact) mass is 203 g/mol. The number of aromatic nitrogens is 1. The highest BCUT2D eigenvalue weighted by molar-refractivity contribution is 5.65. The van der Waals surface area contributed by atoms with Crippen LogP contribution in [0.4, 0.5) is 4.79 Å². The molecule has 1 aliphatic carbocycles. The molecular weight excluding hydrogens is 194 g/mol. The van der Waals surface area contributed by atoms with Crippen LogP contribution in [-0.4, -0.2) is 22.2 Å². The Hall–Kier alpha value is -2.09. The molecule has 0 radical (unpaired) electrons. The van der Waals surface area contributed by atoms with Crippen molar-refractivity contribution < 1.29 is 9.90 Å². The maximum absolute atomic E-state index is 10.5. The molecule has 1 atom stereocenters. The van der Waals surface area contributed by atoms with E-state index >= 15 is 0 Å². The summed E-state index contributed by atoms with van der Waals surface area (Å²) in [6.07, 6.45) is 1.75. The fourth-order valence-electron chi connectivity index (χ4n) is 1.91. The lowest BCUT2D eigenvalue weighted by Crippen LogP contribution is -2.33. The van der Waals surface area contributed by atoms with Gasteiger partial charge in [0.05, 0.1) is 0 Å². The summed E-state index contributed by atoms with van der Waals surface area (Å²) < 4.78 is 0. The Morgan fingerprint density at radius 3 is 3.13 bits per heavy atom. The quantitative estimate of drug-likeness (QED) is 0.703. The van der Waals surface area contributed by atoms with Gasteiger partial charge in [0.15, 0.2) is 0 Å². The number of carboxylic acid groups (broad SMARTS) is 1. The number of nitrogens with one attached hydrogen (secondary N) is 1. The van der Waals surface area contributed by atoms with Gasteiger partial charge >= 0.3 is 6.09 Å². The summed E-state index contributed by atoms with van der Waals surface area (Å²) in [4.78, 5) is 14.4. The average Bonchev–Trinajstić information content (AvgIpc) is 2.58. The maximum atomic E-state index is 10.5. The molecule has 1 aromatic rings. The fourth-order valence-corrected chi connectivity index (χ4v) is 1.91. The number of rotatable bonds is 1. The molecule has 0 aliphatic heterocycles. The van der Waals surface area contributed by atoms with Crippen molar-refractivity contribution >= 4 is 6.09 Å². The molecule has 0 bridgehead atoms. The van der Waals surface area contributed by atoms with Gasteiger partial charge in [-0.2, -0.15) is 5.26 Å². The number of hydrogen-bond acceptors (Lipinski definition) is 3. The normalized spacial score (nSPS) is 17.9. The van der Waals surface area contributed by atoms with E-state index in [1.807, 2.05) is 12.1 Å². The molecule has 1 aromatic heterocycles. The molecule has 1 unspecified atom stereocenters. The minimum Gasteiger partial charge on any atom is -0.465 e. The highest BCUT2D eigenvalue weighted by Gasteiger charge is 2.25. The highest BCUT2D eigenvalue weighted by Crippen LogP contribution is 2.23. The van der Waals surface area contributed by atoms with Crippen LogP contribution in [0.2, 0.25) is 0 Å². The largest absolute Gasteiger partial charge is 0.465 e. The van der Waals surface area contributed by atoms with E-state index in [1.165, 1.54) is 0 Å². The van der Waals surface area contributed by atoms with Gasteiger partial charge in [-0.15, -0.1) is 0 Å². The van der Waals surface area contributed by atoms with Gasteiger partial charge in [0.25, 0.3) is 0 Å². The molecule has 1 aliphatic rings. The first kappa shape index (κ1) is 9.46. The number of pyridine rings is 1. The molecule has 0 spiro atoms. The molecule has 2 N–H and O–H groups in total. The summed E-state index contributed by atoms with van der Waals surface area (Å²) in [6.45, 7) is 0. The Balaban J connectivity index is 2.24. The van der Waals surface area contributed by atoms with Crippen molar-refractivity contribution in [2.45, 2.75) is 18.9 Å². The SMILES string of the molecule is N#Cc1nccc2c1CC(NC(=O)O)C2. The number of amides is 1. The third-order valence-electron chi connectivity index (χ3n) is 2.50. The molecule has 1 heterocycles. The van der Waals surface area contributed by atoms with Crippen LogP contribution in [0, 0.1) is 11.3 Å². The Kier molecular flexibility index (Phi) is 2.26. The second-order valence-corrected chi connectivity index (χ2v) is 3.46. The number of fused-ring (bicyclic) bond motifs is 1. The van der Waals surface area contributed by atoms with Crippen LogP contribution in [0.25, 0.3) is 0 Å². The maximum Gasteiger partial charge on any atom is 0.404 e. The van der Waals surface area contributed by atoms with E-state index in [0.717, 1.165) is 11.1 Å². The number of carbonyl (C=O) groups is 1. The summed E-state index contributed by atoms with van der Waals surface area (Å²) in [7, 11) is 0. The molecule has 2 rings (SSSR count). The van der Waals surface area contributed by atoms with E-state index in [9.17, 15) is 4.79 Å². The predicted octanol–water partition coefficient (Wildman–Crippen LogP) is 0.688. The van der Waals surface area contributed by atoms with Crippen LogP contribution in [0.3, 0.4) is 0 Å². The van der Waals surface area contributed by atoms with Crippen molar-refractivity contribution in [3.63, 3.8) is 0 Å². The first-order valence-corrected chi connectivity index (χ1v) is 4.57. The molecule has 15 heavy (non-hydrogen) atoms. The van der Waals surface area contributed by atoms with Gasteiger partial charge < -0.3 is 10.4 Å². The second-order valence-electron chi connectivity index (χ2n) is 3.46. The zero-order chi connectivity index (χ0) is 10.8. The first-order valence-electron chi connectivity index (χ1n) is 4.57. The number of nitrogens with zero attached hydrogens (tertiary/aromatic N) is 2. The predicted molar refractivity (Wildman–Crippen MR) is 51.3 cm³/mol. The van der Waals surface area contributed by atoms with Crippen molar-refractivity contribution in [2.24, 2.45) is 0 Å². The molecule has 76 valence electrons. The Bertz CT molecular complexity index is 450. The highest BCUT2D eigenvalue weighted by atomic mass is 16.4. The fraction of sp³-hybridized carbons (Fsp3) is 0.300. The zero-order valence-corrected chi connectivity index (χ0v) is 7.90. The first-order chi connectivity index (χ1) is 7.20. The lowest BCUT2D eigenvalue weighted by Gasteiger charge is -2.07. The minimum absolute atomic E-state index is 0.131. The van der Waals surface area contributed by atoms with Gasteiger partial charge in [-0.05, 0) is 30.0 Å². The van der Waals surface area contributed by atoms with Crippen molar-refractivity contribution in [1.82, 2.24) is 10.3 Å². The van der Waals surface area contributed by atoms with E-state index in [1.54, 1.807) is 6.20 Å². The Labute approximate surface area is 86.4 Å². The molecule has 5 nitrogen and oxygen atoms in total. The van der Waals surface area contributed by atoms with Gasteiger partial charge in [-0.3, -0.25) is 0 Å². The molecule has 5 heteroatoms. The van der Waals surface area contributed by atoms with Gasteiger partial charge in [0.1, 0.15) is 11.8 Å².